The highest BCUT2D eigenvalue weighted by Crippen LogP contribution is 2.25. The topological polar surface area (TPSA) is 93.9 Å². The molecule has 24 heavy (non-hydrogen) atoms. The molecule has 0 aromatic heterocycles. The number of methoxy groups -OCH3 is 2. The lowest BCUT2D eigenvalue weighted by Crippen LogP contribution is -2.47. The van der Waals surface area contributed by atoms with Crippen LogP contribution in [-0.2, 0) is 9.59 Å². The Morgan fingerprint density at radius 1 is 1.21 bits per heavy atom. The molecule has 0 saturated carbocycles. The first-order valence-electron chi connectivity index (χ1n) is 7.85. The van der Waals surface area contributed by atoms with Crippen LogP contribution in [0, 0.1) is 5.92 Å². The highest BCUT2D eigenvalue weighted by molar-refractivity contribution is 5.95. The fourth-order valence-corrected chi connectivity index (χ4v) is 2.13. The Bertz CT molecular complexity index is 555. The second-order valence-electron chi connectivity index (χ2n) is 5.76. The van der Waals surface area contributed by atoms with E-state index < -0.39 is 6.04 Å². The Kier molecular flexibility index (Phi) is 7.51. The summed E-state index contributed by atoms with van der Waals surface area (Å²) in [7, 11) is 4.63. The highest BCUT2D eigenvalue weighted by Gasteiger charge is 2.24. The molecule has 0 aliphatic heterocycles. The molecule has 134 valence electrons. The molecule has 2 atom stereocenters. The standard InChI is InChI=1S/C17H27N3O4/c1-6-11(2)16(18)17(22)20(3)10-15(21)19-12-7-13(23-4)9-14(8-12)24-5/h7-9,11,16H,6,10,18H2,1-5H3,(H,19,21). The first-order chi connectivity index (χ1) is 11.3. The number of anilines is 1. The summed E-state index contributed by atoms with van der Waals surface area (Å²) in [4.78, 5) is 25.7. The minimum Gasteiger partial charge on any atom is -0.497 e. The number of nitrogens with two attached hydrogens (primary N) is 1. The van der Waals surface area contributed by atoms with Crippen molar-refractivity contribution in [3.05, 3.63) is 18.2 Å². The SMILES string of the molecule is CCC(C)C(N)C(=O)N(C)CC(=O)Nc1cc(OC)cc(OC)c1. The predicted octanol–water partition coefficient (Wildman–Crippen LogP) is 1.47. The van der Waals surface area contributed by atoms with Gasteiger partial charge in [-0.15, -0.1) is 0 Å². The molecule has 0 aliphatic carbocycles. The van der Waals surface area contributed by atoms with Gasteiger partial charge in [0, 0.05) is 30.9 Å². The van der Waals surface area contributed by atoms with E-state index in [0.29, 0.717) is 17.2 Å². The van der Waals surface area contributed by atoms with E-state index in [2.05, 4.69) is 5.32 Å². The number of carbonyl (C=O) groups excluding carboxylic acids is 2. The third-order valence-electron chi connectivity index (χ3n) is 3.93. The summed E-state index contributed by atoms with van der Waals surface area (Å²) < 4.78 is 10.3. The van der Waals surface area contributed by atoms with Gasteiger partial charge in [-0.3, -0.25) is 9.59 Å². The van der Waals surface area contributed by atoms with Crippen molar-refractivity contribution in [3.8, 4) is 11.5 Å². The van der Waals surface area contributed by atoms with E-state index in [4.69, 9.17) is 15.2 Å². The van der Waals surface area contributed by atoms with Crippen molar-refractivity contribution < 1.29 is 19.1 Å². The maximum atomic E-state index is 12.2. The van der Waals surface area contributed by atoms with E-state index >= 15 is 0 Å². The van der Waals surface area contributed by atoms with Crippen molar-refractivity contribution in [2.75, 3.05) is 33.1 Å². The van der Waals surface area contributed by atoms with Crippen molar-refractivity contribution in [2.45, 2.75) is 26.3 Å². The Labute approximate surface area is 143 Å². The zero-order valence-electron chi connectivity index (χ0n) is 15.0. The zero-order chi connectivity index (χ0) is 18.3. The summed E-state index contributed by atoms with van der Waals surface area (Å²) in [6.07, 6.45) is 0.802. The molecule has 3 N–H and O–H groups in total. The summed E-state index contributed by atoms with van der Waals surface area (Å²) in [5.74, 6) is 0.617. The molecule has 1 aromatic rings. The van der Waals surface area contributed by atoms with Crippen molar-refractivity contribution >= 4 is 17.5 Å². The van der Waals surface area contributed by atoms with Crippen LogP contribution in [0.2, 0.25) is 0 Å². The summed E-state index contributed by atoms with van der Waals surface area (Å²) >= 11 is 0. The molecule has 1 rings (SSSR count). The molecule has 0 heterocycles. The normalized spacial score (nSPS) is 12.9. The minimum absolute atomic E-state index is 0.0608. The van der Waals surface area contributed by atoms with Crippen molar-refractivity contribution in [2.24, 2.45) is 11.7 Å². The average Bonchev–Trinajstić information content (AvgIpc) is 2.58. The Balaban J connectivity index is 2.70. The summed E-state index contributed by atoms with van der Waals surface area (Å²) in [6, 6.07) is 4.45. The van der Waals surface area contributed by atoms with Crippen LogP contribution in [0.4, 0.5) is 5.69 Å². The molecule has 1 aromatic carbocycles. The summed E-state index contributed by atoms with van der Waals surface area (Å²) in [6.45, 7) is 3.81. The minimum atomic E-state index is -0.607. The van der Waals surface area contributed by atoms with E-state index in [9.17, 15) is 9.59 Å². The number of rotatable bonds is 8. The molecule has 0 spiro atoms. The van der Waals surface area contributed by atoms with Crippen LogP contribution in [0.1, 0.15) is 20.3 Å². The Hall–Kier alpha value is -2.28. The van der Waals surface area contributed by atoms with Gasteiger partial charge in [0.15, 0.2) is 0 Å². The smallest absolute Gasteiger partial charge is 0.243 e. The maximum Gasteiger partial charge on any atom is 0.243 e. The number of benzene rings is 1. The molecule has 2 unspecified atom stereocenters. The van der Waals surface area contributed by atoms with Crippen LogP contribution in [0.15, 0.2) is 18.2 Å². The predicted molar refractivity (Wildman–Crippen MR) is 93.2 cm³/mol. The maximum absolute atomic E-state index is 12.2. The fraction of sp³-hybridized carbons (Fsp3) is 0.529. The van der Waals surface area contributed by atoms with Gasteiger partial charge in [0.2, 0.25) is 11.8 Å². The molecule has 0 radical (unpaired) electrons. The number of ether oxygens (including phenoxy) is 2. The van der Waals surface area contributed by atoms with E-state index in [-0.39, 0.29) is 24.3 Å². The lowest BCUT2D eigenvalue weighted by Gasteiger charge is -2.24. The zero-order valence-corrected chi connectivity index (χ0v) is 15.0. The number of amides is 2. The number of hydrogen-bond acceptors (Lipinski definition) is 5. The molecule has 0 bridgehead atoms. The van der Waals surface area contributed by atoms with Crippen molar-refractivity contribution in [3.63, 3.8) is 0 Å². The number of likely N-dealkylation sites (N-methyl/N-ethyl adjacent to an activating group) is 1. The molecule has 0 fully saturated rings. The molecular weight excluding hydrogens is 310 g/mol. The van der Waals surface area contributed by atoms with E-state index in [0.717, 1.165) is 6.42 Å². The third-order valence-corrected chi connectivity index (χ3v) is 3.93. The monoisotopic (exact) mass is 337 g/mol. The van der Waals surface area contributed by atoms with Gasteiger partial charge in [0.05, 0.1) is 26.8 Å². The Morgan fingerprint density at radius 2 is 1.75 bits per heavy atom. The first-order valence-corrected chi connectivity index (χ1v) is 7.85. The molecule has 2 amide bonds. The van der Waals surface area contributed by atoms with Gasteiger partial charge in [-0.05, 0) is 5.92 Å². The van der Waals surface area contributed by atoms with Crippen LogP contribution in [0.5, 0.6) is 11.5 Å². The number of hydrogen-bond donors (Lipinski definition) is 2. The van der Waals surface area contributed by atoms with E-state index in [1.807, 2.05) is 13.8 Å². The van der Waals surface area contributed by atoms with Gasteiger partial charge >= 0.3 is 0 Å². The van der Waals surface area contributed by atoms with Crippen molar-refractivity contribution in [1.82, 2.24) is 4.90 Å². The van der Waals surface area contributed by atoms with Crippen LogP contribution in [0.25, 0.3) is 0 Å². The second kappa shape index (κ2) is 9.12. The van der Waals surface area contributed by atoms with Gasteiger partial charge in [0.25, 0.3) is 0 Å². The number of nitrogens with one attached hydrogen (secondary N) is 1. The van der Waals surface area contributed by atoms with Gasteiger partial charge < -0.3 is 25.4 Å². The van der Waals surface area contributed by atoms with Gasteiger partial charge in [-0.25, -0.2) is 0 Å². The largest absolute Gasteiger partial charge is 0.497 e. The molecule has 0 aliphatic rings. The second-order valence-corrected chi connectivity index (χ2v) is 5.76. The van der Waals surface area contributed by atoms with Gasteiger partial charge in [-0.2, -0.15) is 0 Å². The average molecular weight is 337 g/mol. The van der Waals surface area contributed by atoms with Gasteiger partial charge in [-0.1, -0.05) is 20.3 Å². The van der Waals surface area contributed by atoms with Gasteiger partial charge in [0.1, 0.15) is 11.5 Å². The molecule has 7 heteroatoms. The fourth-order valence-electron chi connectivity index (χ4n) is 2.13. The highest BCUT2D eigenvalue weighted by atomic mass is 16.5. The quantitative estimate of drug-likeness (QED) is 0.749. The van der Waals surface area contributed by atoms with E-state index in [1.54, 1.807) is 25.2 Å². The van der Waals surface area contributed by atoms with Crippen molar-refractivity contribution in [1.29, 1.82) is 0 Å². The molecule has 7 nitrogen and oxygen atoms in total. The summed E-state index contributed by atoms with van der Waals surface area (Å²) in [5.41, 5.74) is 6.45. The van der Waals surface area contributed by atoms with Crippen LogP contribution >= 0.6 is 0 Å². The first kappa shape index (κ1) is 19.8. The lowest BCUT2D eigenvalue weighted by atomic mass is 9.99. The van der Waals surface area contributed by atoms with Crippen LogP contribution < -0.4 is 20.5 Å². The molecule has 0 saturated heterocycles. The van der Waals surface area contributed by atoms with E-state index in [1.165, 1.54) is 19.1 Å². The number of carbonyl (C=O) groups is 2. The van der Waals surface area contributed by atoms with Crippen LogP contribution in [0.3, 0.4) is 0 Å². The molecular formula is C17H27N3O4. The van der Waals surface area contributed by atoms with Crippen LogP contribution in [-0.4, -0.2) is 50.6 Å². The third kappa shape index (κ3) is 5.42. The number of nitrogens with zero attached hydrogens (tertiary/aromatic N) is 1. The Morgan fingerprint density at radius 3 is 2.21 bits per heavy atom. The summed E-state index contributed by atoms with van der Waals surface area (Å²) in [5, 5.41) is 2.73. The lowest BCUT2D eigenvalue weighted by molar-refractivity contribution is -0.135.